The van der Waals surface area contributed by atoms with Crippen LogP contribution in [-0.4, -0.2) is 26.7 Å². The maximum absolute atomic E-state index is 12.4. The van der Waals surface area contributed by atoms with Gasteiger partial charge >= 0.3 is 0 Å². The molecule has 6 heteroatoms. The van der Waals surface area contributed by atoms with E-state index in [0.29, 0.717) is 29.4 Å². The highest BCUT2D eigenvalue weighted by molar-refractivity contribution is 9.10. The largest absolute Gasteiger partial charge is 0.493 e. The fraction of sp³-hybridized carbons (Fsp3) is 0.278. The van der Waals surface area contributed by atoms with Gasteiger partial charge in [0, 0.05) is 17.3 Å². The van der Waals surface area contributed by atoms with Crippen molar-refractivity contribution in [1.82, 2.24) is 0 Å². The molecule has 0 fully saturated rings. The van der Waals surface area contributed by atoms with Crippen molar-refractivity contribution in [1.29, 1.82) is 0 Å². The summed E-state index contributed by atoms with van der Waals surface area (Å²) in [6.45, 7) is 2.68. The first-order chi connectivity index (χ1) is 11.6. The van der Waals surface area contributed by atoms with Gasteiger partial charge in [-0.15, -0.1) is 0 Å². The smallest absolute Gasteiger partial charge is 0.255 e. The van der Waals surface area contributed by atoms with Crippen LogP contribution in [0.1, 0.15) is 23.7 Å². The summed E-state index contributed by atoms with van der Waals surface area (Å²) < 4.78 is 16.8. The lowest BCUT2D eigenvalue weighted by Gasteiger charge is -2.11. The van der Waals surface area contributed by atoms with Gasteiger partial charge < -0.3 is 19.5 Å². The number of hydrogen-bond acceptors (Lipinski definition) is 4. The molecule has 0 saturated heterocycles. The van der Waals surface area contributed by atoms with Crippen molar-refractivity contribution >= 4 is 27.5 Å². The van der Waals surface area contributed by atoms with E-state index in [0.717, 1.165) is 16.6 Å². The van der Waals surface area contributed by atoms with Crippen molar-refractivity contribution in [3.63, 3.8) is 0 Å². The Kier molecular flexibility index (Phi) is 6.49. The summed E-state index contributed by atoms with van der Waals surface area (Å²) in [6, 6.07) is 10.5. The Morgan fingerprint density at radius 2 is 1.75 bits per heavy atom. The third kappa shape index (κ3) is 4.41. The highest BCUT2D eigenvalue weighted by atomic mass is 79.9. The molecule has 1 amide bonds. The number of hydrogen-bond donors (Lipinski definition) is 1. The lowest BCUT2D eigenvalue weighted by atomic mass is 10.2. The van der Waals surface area contributed by atoms with E-state index in [1.54, 1.807) is 50.6 Å². The van der Waals surface area contributed by atoms with E-state index < -0.39 is 0 Å². The first-order valence-electron chi connectivity index (χ1n) is 7.54. The van der Waals surface area contributed by atoms with Gasteiger partial charge in [0.1, 0.15) is 5.75 Å². The molecule has 2 aromatic carbocycles. The average molecular weight is 394 g/mol. The molecule has 128 valence electrons. The number of benzene rings is 2. The van der Waals surface area contributed by atoms with Crippen molar-refractivity contribution in [2.75, 3.05) is 26.1 Å². The molecule has 0 bridgehead atoms. The summed E-state index contributed by atoms with van der Waals surface area (Å²) in [5.41, 5.74) is 1.15. The van der Waals surface area contributed by atoms with Crippen molar-refractivity contribution in [3.8, 4) is 17.2 Å². The zero-order chi connectivity index (χ0) is 17.5. The van der Waals surface area contributed by atoms with Crippen LogP contribution in [-0.2, 0) is 0 Å². The van der Waals surface area contributed by atoms with E-state index >= 15 is 0 Å². The van der Waals surface area contributed by atoms with E-state index in [1.165, 1.54) is 0 Å². The zero-order valence-corrected chi connectivity index (χ0v) is 15.5. The maximum atomic E-state index is 12.4. The molecule has 0 atom stereocenters. The van der Waals surface area contributed by atoms with Crippen LogP contribution in [0.15, 0.2) is 40.9 Å². The van der Waals surface area contributed by atoms with Crippen LogP contribution in [0.4, 0.5) is 5.69 Å². The number of amides is 1. The number of rotatable bonds is 7. The third-order valence-corrected chi connectivity index (χ3v) is 3.92. The minimum Gasteiger partial charge on any atom is -0.493 e. The highest BCUT2D eigenvalue weighted by Crippen LogP contribution is 2.30. The molecule has 0 spiro atoms. The number of ether oxygens (including phenoxy) is 3. The summed E-state index contributed by atoms with van der Waals surface area (Å²) >= 11 is 3.43. The van der Waals surface area contributed by atoms with Crippen LogP contribution in [0.3, 0.4) is 0 Å². The van der Waals surface area contributed by atoms with Gasteiger partial charge in [0.15, 0.2) is 11.5 Å². The molecule has 2 rings (SSSR count). The molecule has 0 unspecified atom stereocenters. The molecule has 0 saturated carbocycles. The van der Waals surface area contributed by atoms with Crippen molar-refractivity contribution < 1.29 is 19.0 Å². The minimum absolute atomic E-state index is 0.218. The predicted octanol–water partition coefficient (Wildman–Crippen LogP) is 4.51. The molecule has 24 heavy (non-hydrogen) atoms. The van der Waals surface area contributed by atoms with Crippen LogP contribution in [0.25, 0.3) is 0 Å². The maximum Gasteiger partial charge on any atom is 0.255 e. The summed E-state index contributed by atoms with van der Waals surface area (Å²) in [5.74, 6) is 1.67. The van der Waals surface area contributed by atoms with E-state index in [-0.39, 0.29) is 5.91 Å². The molecule has 0 radical (unpaired) electrons. The van der Waals surface area contributed by atoms with Crippen LogP contribution in [0.5, 0.6) is 17.2 Å². The lowest BCUT2D eigenvalue weighted by Crippen LogP contribution is -2.12. The predicted molar refractivity (Wildman–Crippen MR) is 97.4 cm³/mol. The summed E-state index contributed by atoms with van der Waals surface area (Å²) in [7, 11) is 3.12. The summed E-state index contributed by atoms with van der Waals surface area (Å²) in [5, 5.41) is 2.84. The Balaban J connectivity index is 2.13. The molecule has 0 aliphatic rings. The molecule has 2 aromatic rings. The van der Waals surface area contributed by atoms with Gasteiger partial charge in [-0.3, -0.25) is 4.79 Å². The van der Waals surface area contributed by atoms with Gasteiger partial charge in [-0.05, 0) is 52.7 Å². The Hall–Kier alpha value is -2.21. The van der Waals surface area contributed by atoms with Gasteiger partial charge in [0.25, 0.3) is 5.91 Å². The lowest BCUT2D eigenvalue weighted by molar-refractivity contribution is 0.102. The first-order valence-corrected chi connectivity index (χ1v) is 8.34. The normalized spacial score (nSPS) is 10.2. The standard InChI is InChI=1S/C18H20BrNO4/c1-4-9-24-15-7-5-12(10-14(15)19)18(21)20-13-6-8-16(22-2)17(11-13)23-3/h5-8,10-11H,4,9H2,1-3H3,(H,20,21). The van der Waals surface area contributed by atoms with Crippen molar-refractivity contribution in [2.45, 2.75) is 13.3 Å². The van der Waals surface area contributed by atoms with E-state index in [4.69, 9.17) is 14.2 Å². The van der Waals surface area contributed by atoms with Gasteiger partial charge in [-0.25, -0.2) is 0 Å². The molecular weight excluding hydrogens is 374 g/mol. The number of nitrogens with one attached hydrogen (secondary N) is 1. The molecule has 0 aliphatic carbocycles. The van der Waals surface area contributed by atoms with Crippen LogP contribution < -0.4 is 19.5 Å². The first kappa shape index (κ1) is 18.1. The second kappa shape index (κ2) is 8.59. The second-order valence-corrected chi connectivity index (χ2v) is 5.87. The molecule has 5 nitrogen and oxygen atoms in total. The monoisotopic (exact) mass is 393 g/mol. The zero-order valence-electron chi connectivity index (χ0n) is 13.9. The fourth-order valence-electron chi connectivity index (χ4n) is 2.09. The third-order valence-electron chi connectivity index (χ3n) is 3.30. The van der Waals surface area contributed by atoms with Gasteiger partial charge in [-0.1, -0.05) is 6.92 Å². The van der Waals surface area contributed by atoms with E-state index in [1.807, 2.05) is 6.92 Å². The SMILES string of the molecule is CCCOc1ccc(C(=O)Nc2ccc(OC)c(OC)c2)cc1Br. The molecular formula is C18H20BrNO4. The Bertz CT molecular complexity index is 718. The number of carbonyl (C=O) groups is 1. The summed E-state index contributed by atoms with van der Waals surface area (Å²) in [6.07, 6.45) is 0.925. The van der Waals surface area contributed by atoms with Crippen molar-refractivity contribution in [3.05, 3.63) is 46.4 Å². The quantitative estimate of drug-likeness (QED) is 0.751. The minimum atomic E-state index is -0.218. The van der Waals surface area contributed by atoms with E-state index in [2.05, 4.69) is 21.2 Å². The Morgan fingerprint density at radius 1 is 1.04 bits per heavy atom. The molecule has 0 heterocycles. The van der Waals surface area contributed by atoms with Crippen LogP contribution in [0, 0.1) is 0 Å². The Morgan fingerprint density at radius 3 is 2.38 bits per heavy atom. The topological polar surface area (TPSA) is 56.8 Å². The van der Waals surface area contributed by atoms with Gasteiger partial charge in [0.05, 0.1) is 25.3 Å². The van der Waals surface area contributed by atoms with Gasteiger partial charge in [0.2, 0.25) is 0 Å². The second-order valence-electron chi connectivity index (χ2n) is 5.02. The highest BCUT2D eigenvalue weighted by Gasteiger charge is 2.11. The number of methoxy groups -OCH3 is 2. The Labute approximate surface area is 150 Å². The molecule has 0 aromatic heterocycles. The molecule has 0 aliphatic heterocycles. The fourth-order valence-corrected chi connectivity index (χ4v) is 2.58. The van der Waals surface area contributed by atoms with Crippen molar-refractivity contribution in [2.24, 2.45) is 0 Å². The van der Waals surface area contributed by atoms with Crippen LogP contribution in [0.2, 0.25) is 0 Å². The van der Waals surface area contributed by atoms with Gasteiger partial charge in [-0.2, -0.15) is 0 Å². The number of carbonyl (C=O) groups excluding carboxylic acids is 1. The average Bonchev–Trinajstić information content (AvgIpc) is 2.60. The number of anilines is 1. The number of halogens is 1. The summed E-state index contributed by atoms with van der Waals surface area (Å²) in [4.78, 5) is 12.4. The van der Waals surface area contributed by atoms with E-state index in [9.17, 15) is 4.79 Å². The molecule has 1 N–H and O–H groups in total. The van der Waals surface area contributed by atoms with Crippen LogP contribution >= 0.6 is 15.9 Å².